The molecule has 0 bridgehead atoms. The van der Waals surface area contributed by atoms with Gasteiger partial charge in [0.25, 0.3) is 0 Å². The number of aryl methyl sites for hydroxylation is 1. The van der Waals surface area contributed by atoms with Gasteiger partial charge >= 0.3 is 5.97 Å². The molecule has 0 aliphatic heterocycles. The number of methoxy groups -OCH3 is 1. The fourth-order valence-corrected chi connectivity index (χ4v) is 1.59. The summed E-state index contributed by atoms with van der Waals surface area (Å²) in [5.41, 5.74) is 1.00. The molecule has 1 atom stereocenters. The number of rotatable bonds is 3. The Labute approximate surface area is 102 Å². The molecule has 0 N–H and O–H groups in total. The predicted molar refractivity (Wildman–Crippen MR) is 62.8 cm³/mol. The number of halogens is 1. The van der Waals surface area contributed by atoms with Crippen molar-refractivity contribution in [2.45, 2.75) is 20.0 Å². The Bertz CT molecular complexity index is 376. The molecule has 0 radical (unpaired) electrons. The van der Waals surface area contributed by atoms with Crippen LogP contribution < -0.4 is 4.74 Å². The van der Waals surface area contributed by atoms with Crippen molar-refractivity contribution in [1.82, 2.24) is 9.78 Å². The Hall–Kier alpha value is -0.790. The van der Waals surface area contributed by atoms with Gasteiger partial charge in [0.2, 0.25) is 5.88 Å². The van der Waals surface area contributed by atoms with Crippen LogP contribution in [-0.4, -0.2) is 29.0 Å². The average Bonchev–Trinajstić information content (AvgIpc) is 2.45. The third-order valence-corrected chi connectivity index (χ3v) is 3.30. The predicted octanol–water partition coefficient (Wildman–Crippen LogP) is 1.27. The summed E-state index contributed by atoms with van der Waals surface area (Å²) in [6.07, 6.45) is -0.641. The molecule has 0 aromatic carbocycles. The van der Waals surface area contributed by atoms with Crippen molar-refractivity contribution in [3.8, 4) is 5.88 Å². The van der Waals surface area contributed by atoms with Crippen molar-refractivity contribution in [2.75, 3.05) is 7.11 Å². The smallest absolute Gasteiger partial charge is 0.346 e. The maximum absolute atomic E-state index is 11.1. The van der Waals surface area contributed by atoms with E-state index < -0.39 is 12.1 Å². The first-order valence-corrected chi connectivity index (χ1v) is 5.48. The molecule has 0 fully saturated rings. The second-order valence-corrected chi connectivity index (χ2v) is 4.19. The Morgan fingerprint density at radius 1 is 1.60 bits per heavy atom. The van der Waals surface area contributed by atoms with Crippen molar-refractivity contribution < 1.29 is 14.3 Å². The van der Waals surface area contributed by atoms with Crippen LogP contribution in [0.5, 0.6) is 5.88 Å². The second kappa shape index (κ2) is 4.82. The molecule has 84 valence electrons. The monoisotopic (exact) mass is 324 g/mol. The molecule has 0 aliphatic rings. The maximum Gasteiger partial charge on any atom is 0.346 e. The van der Waals surface area contributed by atoms with Crippen molar-refractivity contribution in [1.29, 1.82) is 0 Å². The highest BCUT2D eigenvalue weighted by Gasteiger charge is 2.19. The molecule has 1 heterocycles. The first kappa shape index (κ1) is 12.3. The zero-order valence-electron chi connectivity index (χ0n) is 9.07. The molecule has 15 heavy (non-hydrogen) atoms. The number of esters is 1. The zero-order chi connectivity index (χ0) is 11.6. The number of aromatic nitrogens is 2. The SMILES string of the molecule is COC(=O)C(C)Oc1nn(C)c(C)c1I. The third-order valence-electron chi connectivity index (χ3n) is 2.05. The lowest BCUT2D eigenvalue weighted by Gasteiger charge is -2.09. The molecule has 1 unspecified atom stereocenters. The lowest BCUT2D eigenvalue weighted by molar-refractivity contribution is -0.148. The molecule has 0 spiro atoms. The molecule has 1 aromatic rings. The van der Waals surface area contributed by atoms with Gasteiger partial charge < -0.3 is 9.47 Å². The molecule has 1 aromatic heterocycles. The van der Waals surface area contributed by atoms with Crippen LogP contribution in [0.3, 0.4) is 0 Å². The first-order valence-electron chi connectivity index (χ1n) is 4.41. The van der Waals surface area contributed by atoms with E-state index in [-0.39, 0.29) is 0 Å². The Morgan fingerprint density at radius 3 is 2.60 bits per heavy atom. The fourth-order valence-electron chi connectivity index (χ4n) is 1.01. The highest BCUT2D eigenvalue weighted by Crippen LogP contribution is 2.23. The van der Waals surface area contributed by atoms with Crippen LogP contribution in [0.4, 0.5) is 0 Å². The van der Waals surface area contributed by atoms with E-state index >= 15 is 0 Å². The zero-order valence-corrected chi connectivity index (χ0v) is 11.2. The van der Waals surface area contributed by atoms with Gasteiger partial charge in [-0.05, 0) is 36.4 Å². The molecular weight excluding hydrogens is 311 g/mol. The molecule has 0 amide bonds. The topological polar surface area (TPSA) is 53.4 Å². The summed E-state index contributed by atoms with van der Waals surface area (Å²) in [5, 5.41) is 4.15. The molecule has 0 aliphatic carbocycles. The molecule has 1 rings (SSSR count). The van der Waals surface area contributed by atoms with Gasteiger partial charge in [-0.1, -0.05) is 0 Å². The summed E-state index contributed by atoms with van der Waals surface area (Å²) in [6, 6.07) is 0. The van der Waals surface area contributed by atoms with Crippen LogP contribution in [0.2, 0.25) is 0 Å². The molecular formula is C9H13IN2O3. The lowest BCUT2D eigenvalue weighted by Crippen LogP contribution is -2.25. The number of nitrogens with zero attached hydrogens (tertiary/aromatic N) is 2. The molecule has 6 heteroatoms. The van der Waals surface area contributed by atoms with E-state index in [4.69, 9.17) is 4.74 Å². The first-order chi connectivity index (χ1) is 6.97. The van der Waals surface area contributed by atoms with Crippen LogP contribution in [0.25, 0.3) is 0 Å². The Balaban J connectivity index is 2.81. The van der Waals surface area contributed by atoms with Crippen LogP contribution in [0, 0.1) is 10.5 Å². The van der Waals surface area contributed by atoms with Crippen LogP contribution in [0.1, 0.15) is 12.6 Å². The van der Waals surface area contributed by atoms with E-state index in [2.05, 4.69) is 32.4 Å². The summed E-state index contributed by atoms with van der Waals surface area (Å²) >= 11 is 2.13. The standard InChI is InChI=1S/C9H13IN2O3/c1-5-7(10)8(11-12(5)3)15-6(2)9(13)14-4/h6H,1-4H3. The van der Waals surface area contributed by atoms with Gasteiger partial charge in [-0.2, -0.15) is 0 Å². The van der Waals surface area contributed by atoms with E-state index in [0.717, 1.165) is 9.26 Å². The van der Waals surface area contributed by atoms with Crippen LogP contribution in [0.15, 0.2) is 0 Å². The van der Waals surface area contributed by atoms with Crippen LogP contribution >= 0.6 is 22.6 Å². The van der Waals surface area contributed by atoms with Gasteiger partial charge in [0.15, 0.2) is 6.10 Å². The van der Waals surface area contributed by atoms with E-state index in [1.54, 1.807) is 11.6 Å². The Kier molecular flexibility index (Phi) is 3.95. The fraction of sp³-hybridized carbons (Fsp3) is 0.556. The number of hydrogen-bond donors (Lipinski definition) is 0. The van der Waals surface area contributed by atoms with E-state index in [0.29, 0.717) is 5.88 Å². The number of ether oxygens (including phenoxy) is 2. The molecule has 0 saturated heterocycles. The summed E-state index contributed by atoms with van der Waals surface area (Å²) in [5.74, 6) is 0.0580. The second-order valence-electron chi connectivity index (χ2n) is 3.11. The summed E-state index contributed by atoms with van der Waals surface area (Å²) in [7, 11) is 3.16. The normalized spacial score (nSPS) is 12.3. The molecule has 5 nitrogen and oxygen atoms in total. The van der Waals surface area contributed by atoms with E-state index in [9.17, 15) is 4.79 Å². The van der Waals surface area contributed by atoms with E-state index in [1.165, 1.54) is 7.11 Å². The minimum absolute atomic E-state index is 0.408. The summed E-state index contributed by atoms with van der Waals surface area (Å²) < 4.78 is 12.6. The van der Waals surface area contributed by atoms with Gasteiger partial charge in [-0.3, -0.25) is 4.68 Å². The summed E-state index contributed by atoms with van der Waals surface area (Å²) in [4.78, 5) is 11.1. The third kappa shape index (κ3) is 2.61. The minimum Gasteiger partial charge on any atom is -0.466 e. The van der Waals surface area contributed by atoms with Crippen LogP contribution in [-0.2, 0) is 16.6 Å². The number of hydrogen-bond acceptors (Lipinski definition) is 4. The van der Waals surface area contributed by atoms with Crippen molar-refractivity contribution in [3.63, 3.8) is 0 Å². The largest absolute Gasteiger partial charge is 0.466 e. The van der Waals surface area contributed by atoms with Crippen molar-refractivity contribution in [3.05, 3.63) is 9.26 Å². The maximum atomic E-state index is 11.1. The highest BCUT2D eigenvalue weighted by atomic mass is 127. The summed E-state index contributed by atoms with van der Waals surface area (Å²) in [6.45, 7) is 3.57. The number of carbonyl (C=O) groups excluding carboxylic acids is 1. The Morgan fingerprint density at radius 2 is 2.20 bits per heavy atom. The van der Waals surface area contributed by atoms with E-state index in [1.807, 2.05) is 14.0 Å². The molecule has 0 saturated carbocycles. The quantitative estimate of drug-likeness (QED) is 0.621. The van der Waals surface area contributed by atoms with Gasteiger partial charge in [0.1, 0.15) is 0 Å². The number of carbonyl (C=O) groups is 1. The highest BCUT2D eigenvalue weighted by molar-refractivity contribution is 14.1. The van der Waals surface area contributed by atoms with Gasteiger partial charge in [0, 0.05) is 7.05 Å². The van der Waals surface area contributed by atoms with Gasteiger partial charge in [0.05, 0.1) is 16.4 Å². The minimum atomic E-state index is -0.641. The van der Waals surface area contributed by atoms with Crippen molar-refractivity contribution >= 4 is 28.6 Å². The van der Waals surface area contributed by atoms with Gasteiger partial charge in [-0.15, -0.1) is 5.10 Å². The van der Waals surface area contributed by atoms with Gasteiger partial charge in [-0.25, -0.2) is 4.79 Å². The lowest BCUT2D eigenvalue weighted by atomic mass is 10.4. The van der Waals surface area contributed by atoms with Crippen molar-refractivity contribution in [2.24, 2.45) is 7.05 Å². The average molecular weight is 324 g/mol.